The van der Waals surface area contributed by atoms with Gasteiger partial charge in [0.25, 0.3) is 5.91 Å². The van der Waals surface area contributed by atoms with E-state index in [-0.39, 0.29) is 29.6 Å². The molecule has 1 aromatic heterocycles. The molecule has 0 aliphatic heterocycles. The topological polar surface area (TPSA) is 42.4 Å². The van der Waals surface area contributed by atoms with E-state index in [1.165, 1.54) is 17.0 Å². The van der Waals surface area contributed by atoms with Gasteiger partial charge >= 0.3 is 0 Å². The summed E-state index contributed by atoms with van der Waals surface area (Å²) in [5, 5.41) is 0.254. The van der Waals surface area contributed by atoms with E-state index in [9.17, 15) is 9.18 Å². The van der Waals surface area contributed by atoms with Crippen LogP contribution in [0, 0.1) is 19.7 Å². The second-order valence-corrected chi connectivity index (χ2v) is 6.76. The molecule has 0 saturated carbocycles. The zero-order valence-electron chi connectivity index (χ0n) is 15.7. The molecule has 0 unspecified atom stereocenters. The number of aryl methyl sites for hydroxylation is 1. The van der Waals surface area contributed by atoms with Crippen LogP contribution in [0.4, 0.5) is 10.2 Å². The number of rotatable bonds is 6. The largest absolute Gasteiger partial charge is 0.483 e. The molecule has 144 valence electrons. The minimum Gasteiger partial charge on any atom is -0.483 e. The maximum absolute atomic E-state index is 14.3. The van der Waals surface area contributed by atoms with Crippen molar-refractivity contribution in [2.45, 2.75) is 20.4 Å². The van der Waals surface area contributed by atoms with Crippen LogP contribution in [0.1, 0.15) is 16.7 Å². The number of carbonyl (C=O) groups is 1. The van der Waals surface area contributed by atoms with Crippen molar-refractivity contribution in [3.8, 4) is 5.75 Å². The lowest BCUT2D eigenvalue weighted by atomic mass is 10.1. The molecule has 4 nitrogen and oxygen atoms in total. The minimum absolute atomic E-state index is 0.0441. The SMILES string of the molecule is Cc1cccc(OCC(=O)N(Cc2c(F)cccc2Cl)c2ccccn2)c1C. The van der Waals surface area contributed by atoms with Crippen LogP contribution in [-0.2, 0) is 11.3 Å². The number of benzene rings is 2. The number of pyridine rings is 1. The molecule has 0 atom stereocenters. The van der Waals surface area contributed by atoms with Crippen molar-refractivity contribution in [3.05, 3.63) is 88.3 Å². The smallest absolute Gasteiger partial charge is 0.266 e. The first kappa shape index (κ1) is 19.8. The van der Waals surface area contributed by atoms with Gasteiger partial charge in [0, 0.05) is 16.8 Å². The summed E-state index contributed by atoms with van der Waals surface area (Å²) in [6, 6.07) is 15.3. The van der Waals surface area contributed by atoms with Crippen molar-refractivity contribution < 1.29 is 13.9 Å². The van der Waals surface area contributed by atoms with Crippen LogP contribution in [0.25, 0.3) is 0 Å². The standard InChI is InChI=1S/C22H20ClFN2O2/c1-15-7-5-10-20(16(15)2)28-14-22(27)26(21-11-3-4-12-25-21)13-17-18(23)8-6-9-19(17)24/h3-12H,13-14H2,1-2H3. The van der Waals surface area contributed by atoms with Gasteiger partial charge in [-0.05, 0) is 55.3 Å². The zero-order chi connectivity index (χ0) is 20.1. The van der Waals surface area contributed by atoms with Gasteiger partial charge in [-0.25, -0.2) is 9.37 Å². The lowest BCUT2D eigenvalue weighted by Crippen LogP contribution is -2.35. The summed E-state index contributed by atoms with van der Waals surface area (Å²) in [6.45, 7) is 3.67. The molecule has 1 heterocycles. The number of amides is 1. The Morgan fingerprint density at radius 1 is 1.11 bits per heavy atom. The van der Waals surface area contributed by atoms with Gasteiger partial charge in [-0.2, -0.15) is 0 Å². The number of ether oxygens (including phenoxy) is 1. The van der Waals surface area contributed by atoms with E-state index in [1.807, 2.05) is 32.0 Å². The fourth-order valence-electron chi connectivity index (χ4n) is 2.75. The second kappa shape index (κ2) is 8.85. The highest BCUT2D eigenvalue weighted by Gasteiger charge is 2.21. The number of hydrogen-bond acceptors (Lipinski definition) is 3. The van der Waals surface area contributed by atoms with Crippen LogP contribution in [0.3, 0.4) is 0 Å². The molecule has 0 aliphatic rings. The fraction of sp³-hybridized carbons (Fsp3) is 0.182. The Morgan fingerprint density at radius 3 is 2.61 bits per heavy atom. The second-order valence-electron chi connectivity index (χ2n) is 6.35. The molecule has 0 spiro atoms. The minimum atomic E-state index is -0.475. The predicted octanol–water partition coefficient (Wildman–Crippen LogP) is 5.10. The first-order valence-corrected chi connectivity index (χ1v) is 9.18. The summed E-state index contributed by atoms with van der Waals surface area (Å²) in [5.41, 5.74) is 2.27. The van der Waals surface area contributed by atoms with Crippen LogP contribution in [0.2, 0.25) is 5.02 Å². The lowest BCUT2D eigenvalue weighted by Gasteiger charge is -2.23. The fourth-order valence-corrected chi connectivity index (χ4v) is 2.97. The van der Waals surface area contributed by atoms with Crippen LogP contribution in [0.15, 0.2) is 60.8 Å². The maximum Gasteiger partial charge on any atom is 0.266 e. The highest BCUT2D eigenvalue weighted by atomic mass is 35.5. The number of aromatic nitrogens is 1. The molecule has 0 radical (unpaired) electrons. The van der Waals surface area contributed by atoms with Gasteiger partial charge in [0.15, 0.2) is 6.61 Å². The van der Waals surface area contributed by atoms with E-state index in [0.717, 1.165) is 11.1 Å². The zero-order valence-corrected chi connectivity index (χ0v) is 16.4. The van der Waals surface area contributed by atoms with Crippen LogP contribution in [0.5, 0.6) is 5.75 Å². The molecule has 6 heteroatoms. The van der Waals surface area contributed by atoms with Crippen molar-refractivity contribution in [1.82, 2.24) is 4.98 Å². The van der Waals surface area contributed by atoms with Gasteiger partial charge in [-0.15, -0.1) is 0 Å². The average molecular weight is 399 g/mol. The lowest BCUT2D eigenvalue weighted by molar-refractivity contribution is -0.120. The average Bonchev–Trinajstić information content (AvgIpc) is 2.69. The number of carbonyl (C=O) groups excluding carboxylic acids is 1. The van der Waals surface area contributed by atoms with Crippen molar-refractivity contribution >= 4 is 23.3 Å². The summed E-state index contributed by atoms with van der Waals surface area (Å²) in [5.74, 6) is 0.213. The number of nitrogens with zero attached hydrogens (tertiary/aromatic N) is 2. The molecule has 0 N–H and O–H groups in total. The molecule has 0 aliphatic carbocycles. The molecule has 0 saturated heterocycles. The Kier molecular flexibility index (Phi) is 6.26. The van der Waals surface area contributed by atoms with Crippen molar-refractivity contribution in [1.29, 1.82) is 0 Å². The molecule has 3 aromatic rings. The highest BCUT2D eigenvalue weighted by Crippen LogP contribution is 2.24. The van der Waals surface area contributed by atoms with E-state index in [1.54, 1.807) is 30.5 Å². The van der Waals surface area contributed by atoms with Crippen molar-refractivity contribution in [2.24, 2.45) is 0 Å². The maximum atomic E-state index is 14.3. The molecule has 1 amide bonds. The summed E-state index contributed by atoms with van der Waals surface area (Å²) in [4.78, 5) is 18.5. The number of halogens is 2. The summed E-state index contributed by atoms with van der Waals surface area (Å²) >= 11 is 6.15. The van der Waals surface area contributed by atoms with Crippen LogP contribution < -0.4 is 9.64 Å². The van der Waals surface area contributed by atoms with E-state index < -0.39 is 5.82 Å². The van der Waals surface area contributed by atoms with Gasteiger partial charge in [-0.1, -0.05) is 35.9 Å². The third-order valence-electron chi connectivity index (χ3n) is 4.51. The van der Waals surface area contributed by atoms with Gasteiger partial charge in [0.2, 0.25) is 0 Å². The van der Waals surface area contributed by atoms with Crippen LogP contribution in [-0.4, -0.2) is 17.5 Å². The van der Waals surface area contributed by atoms with E-state index in [4.69, 9.17) is 16.3 Å². The Labute approximate surface area is 168 Å². The quantitative estimate of drug-likeness (QED) is 0.580. The van der Waals surface area contributed by atoms with E-state index >= 15 is 0 Å². The number of anilines is 1. The molecule has 28 heavy (non-hydrogen) atoms. The molecular weight excluding hydrogens is 379 g/mol. The molecule has 0 bridgehead atoms. The Bertz CT molecular complexity index is 959. The molecule has 3 rings (SSSR count). The first-order chi connectivity index (χ1) is 13.5. The Balaban J connectivity index is 1.84. The molecule has 0 fully saturated rings. The Hall–Kier alpha value is -2.92. The highest BCUT2D eigenvalue weighted by molar-refractivity contribution is 6.31. The van der Waals surface area contributed by atoms with Crippen molar-refractivity contribution in [2.75, 3.05) is 11.5 Å². The number of hydrogen-bond donors (Lipinski definition) is 0. The normalized spacial score (nSPS) is 10.6. The van der Waals surface area contributed by atoms with E-state index in [0.29, 0.717) is 11.6 Å². The van der Waals surface area contributed by atoms with Gasteiger partial charge in [-0.3, -0.25) is 9.69 Å². The molecular formula is C22H20ClFN2O2. The summed E-state index contributed by atoms with van der Waals surface area (Å²) in [7, 11) is 0. The first-order valence-electron chi connectivity index (χ1n) is 8.80. The predicted molar refractivity (Wildman–Crippen MR) is 108 cm³/mol. The van der Waals surface area contributed by atoms with Crippen molar-refractivity contribution in [3.63, 3.8) is 0 Å². The van der Waals surface area contributed by atoms with Crippen LogP contribution >= 0.6 is 11.6 Å². The summed E-state index contributed by atoms with van der Waals surface area (Å²) in [6.07, 6.45) is 1.57. The third-order valence-corrected chi connectivity index (χ3v) is 4.86. The van der Waals surface area contributed by atoms with Gasteiger partial charge < -0.3 is 4.74 Å². The molecule has 2 aromatic carbocycles. The van der Waals surface area contributed by atoms with Gasteiger partial charge in [0.05, 0.1) is 6.54 Å². The summed E-state index contributed by atoms with van der Waals surface area (Å²) < 4.78 is 20.0. The Morgan fingerprint density at radius 2 is 1.89 bits per heavy atom. The third kappa shape index (κ3) is 4.49. The monoisotopic (exact) mass is 398 g/mol. The van der Waals surface area contributed by atoms with E-state index in [2.05, 4.69) is 4.98 Å². The van der Waals surface area contributed by atoms with Gasteiger partial charge in [0.1, 0.15) is 17.4 Å².